The molecule has 3 aromatic heterocycles. The minimum Gasteiger partial charge on any atom is -0.422 e. The molecule has 1 amide bonds. The highest BCUT2D eigenvalue weighted by Gasteiger charge is 2.26. The molecule has 10 nitrogen and oxygen atoms in total. The Morgan fingerprint density at radius 2 is 2.28 bits per heavy atom. The van der Waals surface area contributed by atoms with Gasteiger partial charge in [0, 0.05) is 38.9 Å². The molecule has 4 heterocycles. The van der Waals surface area contributed by atoms with E-state index in [1.54, 1.807) is 10.9 Å². The standard InChI is InChI=1S/C19H25N7O3/c20-15(28)11-16-22-17(26(24-16)8-3-9-27)10-13-4-2-7-25(12-13)19-23-18-14(29-19)5-1-6-21-18/h1,5-6,13,27H,2-4,7-12H2,(H2,20,28). The quantitative estimate of drug-likeness (QED) is 0.564. The summed E-state index contributed by atoms with van der Waals surface area (Å²) in [7, 11) is 0. The fraction of sp³-hybridized carbons (Fsp3) is 0.526. The molecule has 0 aliphatic carbocycles. The first-order valence-electron chi connectivity index (χ1n) is 9.90. The molecule has 1 aliphatic rings. The average molecular weight is 399 g/mol. The number of aliphatic hydroxyl groups excluding tert-OH is 1. The van der Waals surface area contributed by atoms with Crippen LogP contribution in [0.15, 0.2) is 22.7 Å². The number of aliphatic hydroxyl groups is 1. The summed E-state index contributed by atoms with van der Waals surface area (Å²) in [5.41, 5.74) is 6.59. The third kappa shape index (κ3) is 4.53. The second-order valence-corrected chi connectivity index (χ2v) is 7.37. The number of hydrogen-bond acceptors (Lipinski definition) is 8. The fourth-order valence-electron chi connectivity index (χ4n) is 3.76. The number of rotatable bonds is 8. The first-order valence-corrected chi connectivity index (χ1v) is 9.90. The van der Waals surface area contributed by atoms with Gasteiger partial charge in [-0.25, -0.2) is 14.6 Å². The van der Waals surface area contributed by atoms with Crippen molar-refractivity contribution in [3.05, 3.63) is 30.0 Å². The summed E-state index contributed by atoms with van der Waals surface area (Å²) in [5, 5.41) is 13.5. The van der Waals surface area contributed by atoms with Gasteiger partial charge in [0.25, 0.3) is 6.01 Å². The monoisotopic (exact) mass is 399 g/mol. The molecule has 1 fully saturated rings. The van der Waals surface area contributed by atoms with Gasteiger partial charge >= 0.3 is 0 Å². The first kappa shape index (κ1) is 19.3. The van der Waals surface area contributed by atoms with Gasteiger partial charge in [0.05, 0.1) is 6.42 Å². The van der Waals surface area contributed by atoms with E-state index in [9.17, 15) is 4.79 Å². The Kier molecular flexibility index (Phi) is 5.70. The number of aromatic nitrogens is 5. The second-order valence-electron chi connectivity index (χ2n) is 7.37. The molecule has 10 heteroatoms. The van der Waals surface area contributed by atoms with Gasteiger partial charge in [-0.2, -0.15) is 10.1 Å². The van der Waals surface area contributed by atoms with Crippen LogP contribution in [0.5, 0.6) is 0 Å². The molecule has 0 aromatic carbocycles. The Morgan fingerprint density at radius 3 is 3.07 bits per heavy atom. The van der Waals surface area contributed by atoms with Crippen molar-refractivity contribution in [2.24, 2.45) is 11.7 Å². The van der Waals surface area contributed by atoms with Gasteiger partial charge in [-0.3, -0.25) is 4.79 Å². The second kappa shape index (κ2) is 8.56. The van der Waals surface area contributed by atoms with Crippen LogP contribution < -0.4 is 10.6 Å². The lowest BCUT2D eigenvalue weighted by Gasteiger charge is -2.31. The average Bonchev–Trinajstić information content (AvgIpc) is 3.30. The van der Waals surface area contributed by atoms with Gasteiger partial charge in [0.15, 0.2) is 11.4 Å². The van der Waals surface area contributed by atoms with Crippen LogP contribution in [0, 0.1) is 5.92 Å². The van der Waals surface area contributed by atoms with Crippen molar-refractivity contribution in [2.45, 2.75) is 38.6 Å². The summed E-state index contributed by atoms with van der Waals surface area (Å²) in [4.78, 5) is 26.7. The van der Waals surface area contributed by atoms with Crippen molar-refractivity contribution >= 4 is 23.2 Å². The molecule has 0 saturated carbocycles. The van der Waals surface area contributed by atoms with Gasteiger partial charge < -0.3 is 20.2 Å². The highest BCUT2D eigenvalue weighted by atomic mass is 16.4. The van der Waals surface area contributed by atoms with Gasteiger partial charge in [0.1, 0.15) is 5.82 Å². The lowest BCUT2D eigenvalue weighted by molar-refractivity contribution is -0.117. The summed E-state index contributed by atoms with van der Waals surface area (Å²) >= 11 is 0. The molecule has 3 N–H and O–H groups in total. The maximum atomic E-state index is 11.2. The molecular formula is C19H25N7O3. The van der Waals surface area contributed by atoms with Crippen molar-refractivity contribution in [3.63, 3.8) is 0 Å². The molecule has 1 saturated heterocycles. The summed E-state index contributed by atoms with van der Waals surface area (Å²) in [6.45, 7) is 2.32. The van der Waals surface area contributed by atoms with Gasteiger partial charge in [0.2, 0.25) is 11.6 Å². The van der Waals surface area contributed by atoms with Crippen molar-refractivity contribution in [1.29, 1.82) is 0 Å². The maximum Gasteiger partial charge on any atom is 0.299 e. The number of oxazole rings is 1. The molecule has 0 spiro atoms. The van der Waals surface area contributed by atoms with Crippen LogP contribution in [0.25, 0.3) is 11.2 Å². The Morgan fingerprint density at radius 1 is 1.38 bits per heavy atom. The number of nitrogens with zero attached hydrogens (tertiary/aromatic N) is 6. The summed E-state index contributed by atoms with van der Waals surface area (Å²) in [5.74, 6) is 1.15. The summed E-state index contributed by atoms with van der Waals surface area (Å²) in [6, 6.07) is 4.29. The number of carbonyl (C=O) groups excluding carboxylic acids is 1. The van der Waals surface area contributed by atoms with Crippen molar-refractivity contribution in [3.8, 4) is 0 Å². The third-order valence-corrected chi connectivity index (χ3v) is 5.07. The molecule has 0 bridgehead atoms. The Bertz CT molecular complexity index is 950. The molecule has 1 atom stereocenters. The van der Waals surface area contributed by atoms with Crippen LogP contribution in [0.2, 0.25) is 0 Å². The molecule has 3 aromatic rings. The van der Waals surface area contributed by atoms with Crippen molar-refractivity contribution in [2.75, 3.05) is 24.6 Å². The number of pyridine rings is 1. The third-order valence-electron chi connectivity index (χ3n) is 5.07. The number of aryl methyl sites for hydroxylation is 1. The van der Waals surface area contributed by atoms with Gasteiger partial charge in [-0.15, -0.1) is 0 Å². The predicted octanol–water partition coefficient (Wildman–Crippen LogP) is 0.684. The van der Waals surface area contributed by atoms with Crippen molar-refractivity contribution < 1.29 is 14.3 Å². The van der Waals surface area contributed by atoms with Crippen LogP contribution in [0.1, 0.15) is 30.9 Å². The Balaban J connectivity index is 1.48. The van der Waals surface area contributed by atoms with Crippen LogP contribution >= 0.6 is 0 Å². The number of primary amides is 1. The Hall–Kier alpha value is -3.01. The lowest BCUT2D eigenvalue weighted by Crippen LogP contribution is -2.36. The predicted molar refractivity (Wildman–Crippen MR) is 105 cm³/mol. The molecule has 4 rings (SSSR count). The van der Waals surface area contributed by atoms with Gasteiger partial charge in [-0.1, -0.05) is 0 Å². The van der Waals surface area contributed by atoms with E-state index in [-0.39, 0.29) is 13.0 Å². The van der Waals surface area contributed by atoms with E-state index in [1.807, 2.05) is 12.1 Å². The van der Waals surface area contributed by atoms with Crippen LogP contribution in [-0.2, 0) is 24.2 Å². The maximum absolute atomic E-state index is 11.2. The summed E-state index contributed by atoms with van der Waals surface area (Å²) in [6.07, 6.45) is 5.12. The number of amides is 1. The minimum atomic E-state index is -0.454. The van der Waals surface area contributed by atoms with E-state index < -0.39 is 5.91 Å². The van der Waals surface area contributed by atoms with E-state index in [0.717, 1.165) is 38.2 Å². The molecule has 0 radical (unpaired) electrons. The highest BCUT2D eigenvalue weighted by molar-refractivity contribution is 5.75. The van der Waals surface area contributed by atoms with E-state index in [2.05, 4.69) is 25.0 Å². The normalized spacial score (nSPS) is 17.1. The van der Waals surface area contributed by atoms with Crippen LogP contribution in [0.3, 0.4) is 0 Å². The molecular weight excluding hydrogens is 374 g/mol. The SMILES string of the molecule is NC(=O)Cc1nc(CC2CCCN(c3nc4ncccc4o3)C2)n(CCCO)n1. The van der Waals surface area contributed by atoms with E-state index in [1.165, 1.54) is 0 Å². The van der Waals surface area contributed by atoms with E-state index in [0.29, 0.717) is 42.0 Å². The van der Waals surface area contributed by atoms with Crippen molar-refractivity contribution in [1.82, 2.24) is 24.7 Å². The smallest absolute Gasteiger partial charge is 0.299 e. The minimum absolute atomic E-state index is 0.0197. The van der Waals surface area contributed by atoms with Gasteiger partial charge in [-0.05, 0) is 37.3 Å². The van der Waals surface area contributed by atoms with E-state index >= 15 is 0 Å². The Labute approximate surface area is 167 Å². The number of hydrogen-bond donors (Lipinski definition) is 2. The fourth-order valence-corrected chi connectivity index (χ4v) is 3.76. The zero-order valence-electron chi connectivity index (χ0n) is 16.2. The first-order chi connectivity index (χ1) is 14.1. The summed E-state index contributed by atoms with van der Waals surface area (Å²) < 4.78 is 7.66. The van der Waals surface area contributed by atoms with Crippen LogP contribution in [0.4, 0.5) is 6.01 Å². The number of piperidine rings is 1. The number of fused-ring (bicyclic) bond motifs is 1. The van der Waals surface area contributed by atoms with E-state index in [4.69, 9.17) is 15.3 Å². The van der Waals surface area contributed by atoms with Crippen LogP contribution in [-0.4, -0.2) is 55.4 Å². The number of anilines is 1. The molecule has 1 unspecified atom stereocenters. The highest BCUT2D eigenvalue weighted by Crippen LogP contribution is 2.27. The zero-order valence-corrected chi connectivity index (χ0v) is 16.2. The zero-order chi connectivity index (χ0) is 20.2. The molecule has 154 valence electrons. The number of nitrogens with two attached hydrogens (primary N) is 1. The topological polar surface area (TPSA) is 136 Å². The largest absolute Gasteiger partial charge is 0.422 e. The lowest BCUT2D eigenvalue weighted by atomic mass is 9.94. The molecule has 29 heavy (non-hydrogen) atoms. The molecule has 1 aliphatic heterocycles. The number of carbonyl (C=O) groups is 1.